The van der Waals surface area contributed by atoms with Crippen LogP contribution < -0.4 is 4.90 Å². The van der Waals surface area contributed by atoms with E-state index in [0.29, 0.717) is 17.1 Å². The second kappa shape index (κ2) is 10.2. The maximum Gasteiger partial charge on any atom is 0.466 e. The zero-order chi connectivity index (χ0) is 26.8. The average molecular weight is 536 g/mol. The van der Waals surface area contributed by atoms with Crippen LogP contribution in [0.25, 0.3) is 22.6 Å². The lowest BCUT2D eigenvalue weighted by molar-refractivity contribution is -0.224. The Morgan fingerprint density at radius 3 is 2.36 bits per heavy atom. The molecule has 0 saturated carbocycles. The number of rotatable bonds is 4. The zero-order valence-electron chi connectivity index (χ0n) is 18.0. The number of tetrazole rings is 1. The molecule has 3 aromatic rings. The number of aliphatic hydroxyl groups excluding tert-OH is 1. The largest absolute Gasteiger partial charge is 0.466 e. The molecule has 1 unspecified atom stereocenters. The molecular formula is C18H17F4N6O7P. The maximum absolute atomic E-state index is 14.7. The number of carbonyl (C=O) groups is 1. The Labute approximate surface area is 198 Å². The fourth-order valence-electron chi connectivity index (χ4n) is 3.05. The van der Waals surface area contributed by atoms with Crippen LogP contribution in [0.3, 0.4) is 0 Å². The number of benzene rings is 1. The molecule has 36 heavy (non-hydrogen) atoms. The Morgan fingerprint density at radius 2 is 1.86 bits per heavy atom. The van der Waals surface area contributed by atoms with E-state index in [9.17, 15) is 27.5 Å². The third-order valence-electron chi connectivity index (χ3n) is 4.60. The number of hydrogen-bond donors (Lipinski definition) is 4. The Kier molecular flexibility index (Phi) is 7.70. The van der Waals surface area contributed by atoms with E-state index in [4.69, 9.17) is 19.2 Å². The van der Waals surface area contributed by atoms with Gasteiger partial charge < -0.3 is 24.5 Å². The van der Waals surface area contributed by atoms with Crippen LogP contribution in [0, 0.1) is 5.82 Å². The number of ether oxygens (including phenoxy) is 1. The molecule has 194 valence electrons. The average Bonchev–Trinajstić information content (AvgIpc) is 3.37. The van der Waals surface area contributed by atoms with Crippen LogP contribution in [0.4, 0.5) is 28.0 Å². The van der Waals surface area contributed by atoms with E-state index >= 15 is 0 Å². The highest BCUT2D eigenvalue weighted by Crippen LogP contribution is 2.32. The fourth-order valence-corrected chi connectivity index (χ4v) is 3.05. The van der Waals surface area contributed by atoms with E-state index in [1.807, 2.05) is 0 Å². The van der Waals surface area contributed by atoms with Gasteiger partial charge in [-0.2, -0.15) is 18.0 Å². The molecule has 4 rings (SSSR count). The molecule has 3 heterocycles. The van der Waals surface area contributed by atoms with Crippen molar-refractivity contribution in [3.63, 3.8) is 0 Å². The second-order valence-electron chi connectivity index (χ2n) is 7.23. The van der Waals surface area contributed by atoms with Gasteiger partial charge in [0.1, 0.15) is 11.5 Å². The Balaban J connectivity index is 0.000000658. The highest BCUT2D eigenvalue weighted by molar-refractivity contribution is 7.45. The summed E-state index contributed by atoms with van der Waals surface area (Å²) >= 11 is 0. The van der Waals surface area contributed by atoms with Crippen molar-refractivity contribution in [2.24, 2.45) is 7.05 Å². The topological polar surface area (TPSA) is 184 Å². The first-order valence-electron chi connectivity index (χ1n) is 9.65. The van der Waals surface area contributed by atoms with E-state index < -0.39 is 44.7 Å². The van der Waals surface area contributed by atoms with E-state index in [2.05, 4.69) is 25.1 Å². The summed E-state index contributed by atoms with van der Waals surface area (Å²) in [5.74, 6) is -0.426. The number of cyclic esters (lactones) is 1. The van der Waals surface area contributed by atoms with Crippen molar-refractivity contribution < 1.29 is 51.4 Å². The lowest BCUT2D eigenvalue weighted by atomic mass is 10.1. The van der Waals surface area contributed by atoms with Gasteiger partial charge in [-0.3, -0.25) is 9.88 Å². The van der Waals surface area contributed by atoms with E-state index in [1.165, 1.54) is 23.1 Å². The van der Waals surface area contributed by atoms with Crippen LogP contribution in [-0.4, -0.2) is 76.0 Å². The molecule has 2 atom stereocenters. The van der Waals surface area contributed by atoms with Crippen molar-refractivity contribution in [1.82, 2.24) is 25.2 Å². The molecule has 0 aliphatic carbocycles. The molecule has 1 aromatic carbocycles. The number of carbonyl (C=O) groups excluding carboxylic acids is 1. The van der Waals surface area contributed by atoms with Crippen molar-refractivity contribution in [2.75, 3.05) is 11.4 Å². The molecule has 1 aliphatic rings. The quantitative estimate of drug-likeness (QED) is 0.279. The number of alkyl halides is 3. The standard InChI is InChI=1S/C18H14F4N6O3.H3O4P/c1-27-25-16(24-26-27)13-5-2-9(7-23-13)11-4-3-10(6-12(11)19)28-8-14(31-17(28)30)15(29)18(20,21)22;1-5(2,3)4/h2-7,14-15,29H,8H2,1H3;(H3,1,2,3,4)/t14-,15?;/m0./s1. The van der Waals surface area contributed by atoms with Crippen LogP contribution >= 0.6 is 7.82 Å². The molecule has 18 heteroatoms. The lowest BCUT2D eigenvalue weighted by Gasteiger charge is -2.19. The van der Waals surface area contributed by atoms with Crippen molar-refractivity contribution in [3.05, 3.63) is 42.3 Å². The van der Waals surface area contributed by atoms with Crippen LogP contribution in [0.5, 0.6) is 0 Å². The predicted molar refractivity (Wildman–Crippen MR) is 111 cm³/mol. The Morgan fingerprint density at radius 1 is 1.19 bits per heavy atom. The second-order valence-corrected chi connectivity index (χ2v) is 8.26. The molecule has 4 N–H and O–H groups in total. The first-order chi connectivity index (χ1) is 16.6. The summed E-state index contributed by atoms with van der Waals surface area (Å²) in [6, 6.07) is 6.90. The highest BCUT2D eigenvalue weighted by Gasteiger charge is 2.49. The number of amides is 1. The summed E-state index contributed by atoms with van der Waals surface area (Å²) in [4.78, 5) is 39.8. The van der Waals surface area contributed by atoms with Gasteiger partial charge in [0.05, 0.1) is 19.3 Å². The number of aliphatic hydroxyl groups is 1. The number of aryl methyl sites for hydroxylation is 1. The minimum Gasteiger partial charge on any atom is -0.441 e. The molecule has 0 spiro atoms. The molecule has 1 aliphatic heterocycles. The van der Waals surface area contributed by atoms with Crippen LogP contribution in [0.1, 0.15) is 0 Å². The third kappa shape index (κ3) is 6.79. The number of phosphoric acid groups is 1. The van der Waals surface area contributed by atoms with Gasteiger partial charge >= 0.3 is 20.1 Å². The van der Waals surface area contributed by atoms with Gasteiger partial charge in [0, 0.05) is 17.3 Å². The SMILES string of the molecule is Cn1nnc(-c2ccc(-c3ccc(N4C[C@@H](C(O)C(F)(F)F)OC4=O)cc3F)cn2)n1.O=P(O)(O)O. The summed E-state index contributed by atoms with van der Waals surface area (Å²) in [6.45, 7) is -0.570. The number of halogens is 4. The molecular weight excluding hydrogens is 519 g/mol. The van der Waals surface area contributed by atoms with E-state index in [1.54, 1.807) is 19.2 Å². The molecule has 1 saturated heterocycles. The van der Waals surface area contributed by atoms with Crippen molar-refractivity contribution in [3.8, 4) is 22.6 Å². The predicted octanol–water partition coefficient (Wildman–Crippen LogP) is 1.40. The highest BCUT2D eigenvalue weighted by atomic mass is 31.2. The number of anilines is 1. The smallest absolute Gasteiger partial charge is 0.441 e. The monoisotopic (exact) mass is 536 g/mol. The van der Waals surface area contributed by atoms with Crippen molar-refractivity contribution >= 4 is 19.6 Å². The summed E-state index contributed by atoms with van der Waals surface area (Å²) in [5.41, 5.74) is 1.01. The summed E-state index contributed by atoms with van der Waals surface area (Å²) in [7, 11) is -3.04. The minimum atomic E-state index is -4.95. The van der Waals surface area contributed by atoms with Crippen LogP contribution in [-0.2, 0) is 16.3 Å². The Hall–Kier alpha value is -3.50. The number of aromatic nitrogens is 5. The van der Waals surface area contributed by atoms with Gasteiger partial charge in [-0.05, 0) is 29.5 Å². The number of nitrogens with zero attached hydrogens (tertiary/aromatic N) is 6. The zero-order valence-corrected chi connectivity index (χ0v) is 18.9. The summed E-state index contributed by atoms with van der Waals surface area (Å²) in [5, 5.41) is 20.9. The summed E-state index contributed by atoms with van der Waals surface area (Å²) < 4.78 is 66.2. The van der Waals surface area contributed by atoms with Gasteiger partial charge in [-0.25, -0.2) is 13.8 Å². The van der Waals surface area contributed by atoms with Gasteiger partial charge in [0.25, 0.3) is 0 Å². The minimum absolute atomic E-state index is 0.00327. The van der Waals surface area contributed by atoms with E-state index in [-0.39, 0.29) is 11.3 Å². The molecule has 0 radical (unpaired) electrons. The number of hydrogen-bond acceptors (Lipinski definition) is 8. The van der Waals surface area contributed by atoms with Crippen LogP contribution in [0.2, 0.25) is 0 Å². The van der Waals surface area contributed by atoms with Gasteiger partial charge in [0.2, 0.25) is 5.82 Å². The van der Waals surface area contributed by atoms with E-state index in [0.717, 1.165) is 11.0 Å². The van der Waals surface area contributed by atoms with Crippen molar-refractivity contribution in [1.29, 1.82) is 0 Å². The number of pyridine rings is 1. The van der Waals surface area contributed by atoms with Gasteiger partial charge in [-0.1, -0.05) is 6.07 Å². The molecule has 0 bridgehead atoms. The Bertz CT molecular complexity index is 1280. The van der Waals surface area contributed by atoms with Gasteiger partial charge in [-0.15, -0.1) is 10.2 Å². The third-order valence-corrected chi connectivity index (χ3v) is 4.60. The molecule has 1 fully saturated rings. The first kappa shape index (κ1) is 27.1. The first-order valence-corrected chi connectivity index (χ1v) is 11.2. The lowest BCUT2D eigenvalue weighted by Crippen LogP contribution is -2.42. The van der Waals surface area contributed by atoms with Crippen LogP contribution in [0.15, 0.2) is 36.5 Å². The molecule has 13 nitrogen and oxygen atoms in total. The summed E-state index contributed by atoms with van der Waals surface area (Å²) in [6.07, 6.45) is -9.29. The molecule has 2 aromatic heterocycles. The molecule has 1 amide bonds. The van der Waals surface area contributed by atoms with Gasteiger partial charge in [0.15, 0.2) is 12.2 Å². The normalized spacial score (nSPS) is 16.9. The fraction of sp³-hybridized carbons (Fsp3) is 0.278. The maximum atomic E-state index is 14.7. The van der Waals surface area contributed by atoms with Crippen molar-refractivity contribution in [2.45, 2.75) is 18.4 Å².